The predicted molar refractivity (Wildman–Crippen MR) is 71.3 cm³/mol. The zero-order valence-electron chi connectivity index (χ0n) is 10.2. The van der Waals surface area contributed by atoms with Crippen molar-refractivity contribution in [2.45, 2.75) is 32.8 Å². The van der Waals surface area contributed by atoms with Crippen molar-refractivity contribution in [2.24, 2.45) is 0 Å². The molecule has 1 N–H and O–H groups in total. The van der Waals surface area contributed by atoms with Crippen LogP contribution in [0.2, 0.25) is 0 Å². The van der Waals surface area contributed by atoms with Crippen LogP contribution < -0.4 is 0 Å². The van der Waals surface area contributed by atoms with E-state index in [2.05, 4.69) is 24.0 Å². The fraction of sp³-hybridized carbons (Fsp3) is 0.357. The van der Waals surface area contributed by atoms with Crippen LogP contribution in [-0.4, -0.2) is 10.1 Å². The van der Waals surface area contributed by atoms with Gasteiger partial charge in [0.15, 0.2) is 0 Å². The van der Waals surface area contributed by atoms with Gasteiger partial charge >= 0.3 is 0 Å². The average Bonchev–Trinajstić information content (AvgIpc) is 2.77. The van der Waals surface area contributed by atoms with Crippen LogP contribution in [0.25, 0.3) is 0 Å². The lowest BCUT2D eigenvalue weighted by Gasteiger charge is -2.11. The molecule has 2 heterocycles. The van der Waals surface area contributed by atoms with Crippen molar-refractivity contribution in [3.63, 3.8) is 0 Å². The van der Waals surface area contributed by atoms with Gasteiger partial charge in [-0.3, -0.25) is 4.98 Å². The minimum Gasteiger partial charge on any atom is -0.386 e. The van der Waals surface area contributed by atoms with Gasteiger partial charge in [0.1, 0.15) is 6.10 Å². The first-order chi connectivity index (χ1) is 8.20. The number of pyridine rings is 1. The maximum absolute atomic E-state index is 10.2. The largest absolute Gasteiger partial charge is 0.386 e. The van der Waals surface area contributed by atoms with Crippen LogP contribution in [0.3, 0.4) is 0 Å². The second-order valence-corrected chi connectivity index (χ2v) is 5.40. The minimum atomic E-state index is -0.500. The summed E-state index contributed by atoms with van der Waals surface area (Å²) in [6.07, 6.45) is 2.95. The molecule has 0 radical (unpaired) electrons. The number of hydrogen-bond acceptors (Lipinski definition) is 3. The highest BCUT2D eigenvalue weighted by molar-refractivity contribution is 7.11. The molecule has 0 aliphatic heterocycles. The highest BCUT2D eigenvalue weighted by Crippen LogP contribution is 2.24. The SMILES string of the molecule is CCc1ccc(CC(O)c2ncccc2C)s1. The highest BCUT2D eigenvalue weighted by Gasteiger charge is 2.13. The molecule has 2 aromatic rings. The zero-order valence-corrected chi connectivity index (χ0v) is 11.0. The summed E-state index contributed by atoms with van der Waals surface area (Å²) in [6, 6.07) is 8.12. The molecule has 0 saturated carbocycles. The van der Waals surface area contributed by atoms with Crippen molar-refractivity contribution < 1.29 is 5.11 Å². The Balaban J connectivity index is 2.11. The van der Waals surface area contributed by atoms with Crippen molar-refractivity contribution in [1.82, 2.24) is 4.98 Å². The standard InChI is InChI=1S/C14H17NOS/c1-3-11-6-7-12(17-11)9-13(16)14-10(2)5-4-8-15-14/h4-8,13,16H,3,9H2,1-2H3. The molecule has 2 aromatic heterocycles. The Morgan fingerprint density at radius 1 is 1.29 bits per heavy atom. The van der Waals surface area contributed by atoms with Gasteiger partial charge in [-0.1, -0.05) is 13.0 Å². The second-order valence-electron chi connectivity index (χ2n) is 4.15. The minimum absolute atomic E-state index is 0.500. The fourth-order valence-electron chi connectivity index (χ4n) is 1.86. The van der Waals surface area contributed by atoms with Crippen LogP contribution in [0.15, 0.2) is 30.5 Å². The van der Waals surface area contributed by atoms with E-state index in [1.54, 1.807) is 17.5 Å². The molecule has 0 amide bonds. The van der Waals surface area contributed by atoms with E-state index >= 15 is 0 Å². The summed E-state index contributed by atoms with van der Waals surface area (Å²) in [4.78, 5) is 6.84. The molecular weight excluding hydrogens is 230 g/mol. The third kappa shape index (κ3) is 2.93. The number of thiophene rings is 1. The van der Waals surface area contributed by atoms with Gasteiger partial charge in [0.05, 0.1) is 5.69 Å². The molecule has 17 heavy (non-hydrogen) atoms. The second kappa shape index (κ2) is 5.43. The van der Waals surface area contributed by atoms with Crippen molar-refractivity contribution >= 4 is 11.3 Å². The summed E-state index contributed by atoms with van der Waals surface area (Å²) in [5, 5.41) is 10.2. The summed E-state index contributed by atoms with van der Waals surface area (Å²) in [5.74, 6) is 0. The summed E-state index contributed by atoms with van der Waals surface area (Å²) in [6.45, 7) is 4.13. The molecule has 0 bridgehead atoms. The van der Waals surface area contributed by atoms with Gasteiger partial charge in [0.25, 0.3) is 0 Å². The van der Waals surface area contributed by atoms with Crippen LogP contribution in [0, 0.1) is 6.92 Å². The van der Waals surface area contributed by atoms with Crippen LogP contribution in [0.4, 0.5) is 0 Å². The molecule has 0 spiro atoms. The van der Waals surface area contributed by atoms with Crippen molar-refractivity contribution in [3.8, 4) is 0 Å². The maximum Gasteiger partial charge on any atom is 0.101 e. The summed E-state index contributed by atoms with van der Waals surface area (Å²) in [7, 11) is 0. The quantitative estimate of drug-likeness (QED) is 0.899. The molecular formula is C14H17NOS. The number of rotatable bonds is 4. The van der Waals surface area contributed by atoms with E-state index in [0.717, 1.165) is 17.7 Å². The van der Waals surface area contributed by atoms with E-state index < -0.39 is 6.10 Å². The molecule has 0 aliphatic carbocycles. The molecule has 3 heteroatoms. The topological polar surface area (TPSA) is 33.1 Å². The van der Waals surface area contributed by atoms with Gasteiger partial charge < -0.3 is 5.11 Å². The van der Waals surface area contributed by atoms with Gasteiger partial charge in [0, 0.05) is 22.4 Å². The highest BCUT2D eigenvalue weighted by atomic mass is 32.1. The Morgan fingerprint density at radius 3 is 2.71 bits per heavy atom. The fourth-order valence-corrected chi connectivity index (χ4v) is 2.85. The van der Waals surface area contributed by atoms with Crippen molar-refractivity contribution in [2.75, 3.05) is 0 Å². The average molecular weight is 247 g/mol. The van der Waals surface area contributed by atoms with Crippen LogP contribution in [-0.2, 0) is 12.8 Å². The smallest absolute Gasteiger partial charge is 0.101 e. The number of nitrogens with zero attached hydrogens (tertiary/aromatic N) is 1. The van der Waals surface area contributed by atoms with E-state index in [-0.39, 0.29) is 0 Å². The normalized spacial score (nSPS) is 12.6. The Bertz CT molecular complexity index is 492. The third-order valence-electron chi connectivity index (χ3n) is 2.83. The molecule has 0 fully saturated rings. The van der Waals surface area contributed by atoms with Crippen molar-refractivity contribution in [3.05, 3.63) is 51.5 Å². The number of aliphatic hydroxyl groups excluding tert-OH is 1. The lowest BCUT2D eigenvalue weighted by atomic mass is 10.1. The number of hydrogen-bond donors (Lipinski definition) is 1. The van der Waals surface area contributed by atoms with E-state index in [4.69, 9.17) is 0 Å². The molecule has 90 valence electrons. The molecule has 1 unspecified atom stereocenters. The first-order valence-corrected chi connectivity index (χ1v) is 6.69. The van der Waals surface area contributed by atoms with Gasteiger partial charge in [-0.05, 0) is 37.1 Å². The van der Waals surface area contributed by atoms with E-state index in [9.17, 15) is 5.11 Å². The van der Waals surface area contributed by atoms with Gasteiger partial charge in [-0.15, -0.1) is 11.3 Å². The van der Waals surface area contributed by atoms with Crippen LogP contribution >= 0.6 is 11.3 Å². The summed E-state index contributed by atoms with van der Waals surface area (Å²) >= 11 is 1.77. The Labute approximate surface area is 106 Å². The molecule has 2 nitrogen and oxygen atoms in total. The monoisotopic (exact) mass is 247 g/mol. The number of aromatic nitrogens is 1. The van der Waals surface area contributed by atoms with Gasteiger partial charge in [-0.25, -0.2) is 0 Å². The number of aliphatic hydroxyl groups is 1. The Hall–Kier alpha value is -1.19. The zero-order chi connectivity index (χ0) is 12.3. The molecule has 0 saturated heterocycles. The Kier molecular flexibility index (Phi) is 3.92. The number of aryl methyl sites for hydroxylation is 2. The Morgan fingerprint density at radius 2 is 2.06 bits per heavy atom. The lowest BCUT2D eigenvalue weighted by Crippen LogP contribution is -2.05. The predicted octanol–water partition coefficient (Wildman–Crippen LogP) is 3.29. The first kappa shape index (κ1) is 12.3. The van der Waals surface area contributed by atoms with Gasteiger partial charge in [0.2, 0.25) is 0 Å². The van der Waals surface area contributed by atoms with Gasteiger partial charge in [-0.2, -0.15) is 0 Å². The third-order valence-corrected chi connectivity index (χ3v) is 4.08. The lowest BCUT2D eigenvalue weighted by molar-refractivity contribution is 0.174. The van der Waals surface area contributed by atoms with E-state index in [1.165, 1.54) is 9.75 Å². The van der Waals surface area contributed by atoms with Crippen LogP contribution in [0.5, 0.6) is 0 Å². The molecule has 1 atom stereocenters. The van der Waals surface area contributed by atoms with E-state index in [0.29, 0.717) is 6.42 Å². The van der Waals surface area contributed by atoms with E-state index in [1.807, 2.05) is 19.1 Å². The summed E-state index contributed by atoms with van der Waals surface area (Å²) < 4.78 is 0. The van der Waals surface area contributed by atoms with Crippen LogP contribution in [0.1, 0.15) is 34.0 Å². The van der Waals surface area contributed by atoms with Crippen molar-refractivity contribution in [1.29, 1.82) is 0 Å². The molecule has 2 rings (SSSR count). The summed E-state index contributed by atoms with van der Waals surface area (Å²) in [5.41, 5.74) is 1.84. The first-order valence-electron chi connectivity index (χ1n) is 5.88. The molecule has 0 aliphatic rings. The maximum atomic E-state index is 10.2. The molecule has 0 aromatic carbocycles.